The molecule has 23 heteroatoms. The number of fused-ring (bicyclic) bond motifs is 3. The molecular weight excluding hydrogens is 995 g/mol. The molecule has 394 valence electrons. The molecule has 0 aliphatic carbocycles. The van der Waals surface area contributed by atoms with Gasteiger partial charge in [-0.1, -0.05) is 41.7 Å². The second-order valence-electron chi connectivity index (χ2n) is 17.7. The van der Waals surface area contributed by atoms with Gasteiger partial charge in [0.2, 0.25) is 11.8 Å². The third-order valence-corrected chi connectivity index (χ3v) is 14.7. The number of nitrogens with zero attached hydrogens (tertiary/aromatic N) is 4. The summed E-state index contributed by atoms with van der Waals surface area (Å²) < 4.78 is 23.6. The molecule has 21 nitrogen and oxygen atoms in total. The minimum atomic E-state index is -1.46. The number of hydrogen-bond acceptors (Lipinski definition) is 18. The number of carbonyl (C=O) groups is 6. The number of aromatic nitrogens is 2. The maximum Gasteiger partial charge on any atom is 0.355 e. The summed E-state index contributed by atoms with van der Waals surface area (Å²) in [6.45, 7) is 6.82. The lowest BCUT2D eigenvalue weighted by Gasteiger charge is -2.32. The van der Waals surface area contributed by atoms with Crippen LogP contribution in [0.4, 0.5) is 10.3 Å². The van der Waals surface area contributed by atoms with Gasteiger partial charge in [-0.15, -0.1) is 11.3 Å². The third kappa shape index (κ3) is 14.0. The van der Waals surface area contributed by atoms with Gasteiger partial charge < -0.3 is 50.0 Å². The number of imide groups is 1. The highest BCUT2D eigenvalue weighted by atomic mass is 32.1. The second-order valence-corrected chi connectivity index (χ2v) is 19.8. The smallest absolute Gasteiger partial charge is 0.355 e. The molecule has 3 aliphatic rings. The van der Waals surface area contributed by atoms with Crippen LogP contribution in [0.15, 0.2) is 60.7 Å². The van der Waals surface area contributed by atoms with Gasteiger partial charge in [0.1, 0.15) is 11.8 Å². The monoisotopic (exact) mass is 1060 g/mol. The number of nitrogens with one attached hydrogen (secondary N) is 5. The molecule has 5 heterocycles. The standard InChI is InChI=1S/C51H61N9O12S2/c61-41-16-15-37(46(64)56-41)60-47(65)34-10-6-12-38(43(34)48(60)66)72-31-42(62)54-20-4-3-18-52-21-24-69-26-28-71-29-27-70-25-22-53-19-7-14-40-44(49(67)68)57-51(74-40)59-23-17-32-8-5-9-33(35(32)30-59)45(63)58-50-55-36-11-1-2-13-39(36)73-50/h1-2,5-6,8-13,37,48,52-53,66H,3-4,7,14-31H2,(H,54,62)(H,67,68)(H,55,58,63)(H,56,61,64). The van der Waals surface area contributed by atoms with E-state index in [0.717, 1.165) is 56.9 Å². The summed E-state index contributed by atoms with van der Waals surface area (Å²) in [4.78, 5) is 88.2. The summed E-state index contributed by atoms with van der Waals surface area (Å²) in [6, 6.07) is 17.1. The highest BCUT2D eigenvalue weighted by Crippen LogP contribution is 2.40. The van der Waals surface area contributed by atoms with Crippen LogP contribution in [-0.2, 0) is 48.0 Å². The largest absolute Gasteiger partial charge is 0.483 e. The van der Waals surface area contributed by atoms with Crippen LogP contribution < -0.4 is 36.2 Å². The number of aryl methyl sites for hydroxylation is 1. The number of amides is 5. The van der Waals surface area contributed by atoms with Crippen LogP contribution in [0.5, 0.6) is 5.75 Å². The second kappa shape index (κ2) is 26.7. The van der Waals surface area contributed by atoms with Crippen molar-refractivity contribution < 1.29 is 57.9 Å². The van der Waals surface area contributed by atoms with Gasteiger partial charge in [-0.3, -0.25) is 39.5 Å². The first-order valence-corrected chi connectivity index (χ1v) is 26.5. The fraction of sp³-hybridized carbons (Fsp3) is 0.451. The average molecular weight is 1060 g/mol. The van der Waals surface area contributed by atoms with Gasteiger partial charge in [-0.05, 0) is 93.1 Å². The van der Waals surface area contributed by atoms with Crippen molar-refractivity contribution in [2.45, 2.75) is 63.8 Å². The lowest BCUT2D eigenvalue weighted by molar-refractivity contribution is -0.139. The molecule has 3 aliphatic heterocycles. The Hall–Kier alpha value is -6.44. The summed E-state index contributed by atoms with van der Waals surface area (Å²) >= 11 is 2.82. The van der Waals surface area contributed by atoms with Crippen molar-refractivity contribution >= 4 is 78.7 Å². The molecule has 2 unspecified atom stereocenters. The number of benzene rings is 3. The molecule has 1 saturated heterocycles. The van der Waals surface area contributed by atoms with Crippen LogP contribution in [0.1, 0.15) is 91.1 Å². The predicted molar refractivity (Wildman–Crippen MR) is 276 cm³/mol. The van der Waals surface area contributed by atoms with Gasteiger partial charge in [0.25, 0.3) is 17.7 Å². The molecule has 3 aromatic carbocycles. The zero-order valence-corrected chi connectivity index (χ0v) is 42.5. The van der Waals surface area contributed by atoms with Gasteiger partial charge in [0.05, 0.1) is 61.0 Å². The summed E-state index contributed by atoms with van der Waals surface area (Å²) in [6.07, 6.45) is 2.26. The minimum Gasteiger partial charge on any atom is -0.483 e. The predicted octanol–water partition coefficient (Wildman–Crippen LogP) is 3.65. The molecule has 0 saturated carbocycles. The number of thiazole rings is 2. The fourth-order valence-corrected chi connectivity index (χ4v) is 10.9. The molecule has 0 spiro atoms. The molecule has 0 bridgehead atoms. The lowest BCUT2D eigenvalue weighted by Crippen LogP contribution is -2.53. The first-order valence-electron chi connectivity index (χ1n) is 24.8. The van der Waals surface area contributed by atoms with Crippen molar-refractivity contribution in [3.05, 3.63) is 99.1 Å². The first kappa shape index (κ1) is 53.8. The number of unbranched alkanes of at least 4 members (excludes halogenated alkanes) is 1. The van der Waals surface area contributed by atoms with Crippen molar-refractivity contribution in [2.75, 3.05) is 95.7 Å². The van der Waals surface area contributed by atoms with Gasteiger partial charge in [0, 0.05) is 49.6 Å². The Morgan fingerprint density at radius 1 is 0.797 bits per heavy atom. The summed E-state index contributed by atoms with van der Waals surface area (Å²) in [5.41, 5.74) is 3.83. The van der Waals surface area contributed by atoms with Crippen LogP contribution in [0.25, 0.3) is 10.2 Å². The number of para-hydroxylation sites is 1. The maximum atomic E-state index is 13.5. The van der Waals surface area contributed by atoms with E-state index in [0.29, 0.717) is 108 Å². The zero-order valence-electron chi connectivity index (χ0n) is 40.9. The lowest BCUT2D eigenvalue weighted by atomic mass is 9.94. The van der Waals surface area contributed by atoms with E-state index in [9.17, 15) is 39.0 Å². The van der Waals surface area contributed by atoms with Crippen molar-refractivity contribution in [3.8, 4) is 5.75 Å². The first-order chi connectivity index (χ1) is 36.0. The molecule has 74 heavy (non-hydrogen) atoms. The quantitative estimate of drug-likeness (QED) is 0.0266. The van der Waals surface area contributed by atoms with Crippen molar-refractivity contribution in [1.82, 2.24) is 36.1 Å². The van der Waals surface area contributed by atoms with Gasteiger partial charge >= 0.3 is 5.97 Å². The number of aliphatic hydroxyl groups is 1. The van der Waals surface area contributed by atoms with Crippen molar-refractivity contribution in [3.63, 3.8) is 0 Å². The van der Waals surface area contributed by atoms with Crippen LogP contribution in [0.2, 0.25) is 0 Å². The highest BCUT2D eigenvalue weighted by molar-refractivity contribution is 7.22. The molecule has 0 radical (unpaired) electrons. The van der Waals surface area contributed by atoms with Crippen LogP contribution in [-0.4, -0.2) is 152 Å². The molecular formula is C51H61N9O12S2. The van der Waals surface area contributed by atoms with Gasteiger partial charge in [0.15, 0.2) is 28.8 Å². The number of piperidine rings is 1. The number of carboxylic acid groups (broad SMARTS) is 1. The van der Waals surface area contributed by atoms with Crippen LogP contribution in [0.3, 0.4) is 0 Å². The number of ether oxygens (including phenoxy) is 4. The molecule has 2 atom stereocenters. The van der Waals surface area contributed by atoms with E-state index in [1.807, 2.05) is 42.5 Å². The van der Waals surface area contributed by atoms with Crippen molar-refractivity contribution in [1.29, 1.82) is 0 Å². The fourth-order valence-electron chi connectivity index (χ4n) is 8.88. The molecule has 5 aromatic rings. The molecule has 7 N–H and O–H groups in total. The van der Waals surface area contributed by atoms with E-state index in [4.69, 9.17) is 18.9 Å². The Kier molecular flexibility index (Phi) is 19.4. The topological polar surface area (TPSA) is 272 Å². The third-order valence-electron chi connectivity index (χ3n) is 12.6. The number of aromatic carboxylic acids is 1. The SMILES string of the molecule is O=C(COc1cccc2c1C(O)N(C1CCC(=O)NC1=O)C2=O)NCCCCNCCOCCOCCOCCNCCCc1sc(N2CCc3cccc(C(=O)Nc4nc5ccccc5s4)c3C2)nc1C(=O)O. The molecule has 1 fully saturated rings. The van der Waals surface area contributed by atoms with E-state index in [1.54, 1.807) is 12.1 Å². The van der Waals surface area contributed by atoms with Gasteiger partial charge in [-0.2, -0.15) is 0 Å². The van der Waals surface area contributed by atoms with Crippen LogP contribution in [0, 0.1) is 0 Å². The number of aliphatic hydroxyl groups excluding tert-OH is 1. The van der Waals surface area contributed by atoms with Crippen LogP contribution >= 0.6 is 22.7 Å². The Morgan fingerprint density at radius 3 is 2.28 bits per heavy atom. The van der Waals surface area contributed by atoms with E-state index < -0.39 is 36.0 Å². The minimum absolute atomic E-state index is 0.0534. The van der Waals surface area contributed by atoms with E-state index in [2.05, 4.69) is 41.5 Å². The number of carbonyl (C=O) groups excluding carboxylic acids is 5. The highest BCUT2D eigenvalue weighted by Gasteiger charge is 2.46. The average Bonchev–Trinajstić information content (AvgIpc) is 4.09. The Labute approximate surface area is 435 Å². The molecule has 5 amide bonds. The van der Waals surface area contributed by atoms with E-state index >= 15 is 0 Å². The Bertz CT molecular complexity index is 2760. The normalized spacial score (nSPS) is 16.3. The van der Waals surface area contributed by atoms with E-state index in [1.165, 1.54) is 28.7 Å². The number of carboxylic acids is 1. The summed E-state index contributed by atoms with van der Waals surface area (Å²) in [5.74, 6) is -3.10. The number of rotatable bonds is 29. The Morgan fingerprint density at radius 2 is 1.53 bits per heavy atom. The maximum absolute atomic E-state index is 13.5. The Balaban J connectivity index is 0.608. The molecule has 2 aromatic heterocycles. The van der Waals surface area contributed by atoms with Crippen molar-refractivity contribution in [2.24, 2.45) is 0 Å². The number of hydrogen-bond donors (Lipinski definition) is 7. The summed E-state index contributed by atoms with van der Waals surface area (Å²) in [7, 11) is 0. The molecule has 8 rings (SSSR count). The van der Waals surface area contributed by atoms with Gasteiger partial charge in [-0.25, -0.2) is 14.8 Å². The summed E-state index contributed by atoms with van der Waals surface area (Å²) in [5, 5.41) is 36.8. The zero-order chi connectivity index (χ0) is 51.8. The number of anilines is 2. The van der Waals surface area contributed by atoms with E-state index in [-0.39, 0.29) is 53.8 Å².